The second-order valence-corrected chi connectivity index (χ2v) is 9.99. The number of benzene rings is 3. The van der Waals surface area contributed by atoms with Crippen LogP contribution in [0.1, 0.15) is 59.4 Å². The van der Waals surface area contributed by atoms with Crippen molar-refractivity contribution in [2.24, 2.45) is 0 Å². The Hall–Kier alpha value is -4.59. The first-order valence-electron chi connectivity index (χ1n) is 13.1. The Bertz CT molecular complexity index is 1750. The number of aliphatic carboxylic acids is 1. The highest BCUT2D eigenvalue weighted by molar-refractivity contribution is 5.97. The molecule has 2 N–H and O–H groups in total. The zero-order valence-corrected chi connectivity index (χ0v) is 22.5. The molecule has 200 valence electrons. The first-order chi connectivity index (χ1) is 18.7. The van der Waals surface area contributed by atoms with Crippen LogP contribution in [-0.4, -0.2) is 49.6 Å². The van der Waals surface area contributed by atoms with Crippen molar-refractivity contribution in [1.29, 1.82) is 0 Å². The molecule has 0 fully saturated rings. The van der Waals surface area contributed by atoms with Gasteiger partial charge in [-0.15, -0.1) is 0 Å². The molecule has 0 aliphatic heterocycles. The van der Waals surface area contributed by atoms with Gasteiger partial charge in [0, 0.05) is 41.8 Å². The summed E-state index contributed by atoms with van der Waals surface area (Å²) in [7, 11) is 1.73. The summed E-state index contributed by atoms with van der Waals surface area (Å²) in [6, 6.07) is 19.3. The minimum Gasteiger partial charge on any atom is -0.481 e. The molecule has 0 saturated heterocycles. The zero-order valence-electron chi connectivity index (χ0n) is 22.5. The van der Waals surface area contributed by atoms with Gasteiger partial charge in [0.05, 0.1) is 29.5 Å². The molecule has 0 radical (unpaired) electrons. The Kier molecular flexibility index (Phi) is 6.87. The van der Waals surface area contributed by atoms with Crippen molar-refractivity contribution in [3.05, 3.63) is 106 Å². The number of carboxylic acids is 1. The van der Waals surface area contributed by atoms with E-state index in [1.807, 2.05) is 75.5 Å². The van der Waals surface area contributed by atoms with Crippen molar-refractivity contribution in [3.63, 3.8) is 0 Å². The maximum atomic E-state index is 14.3. The summed E-state index contributed by atoms with van der Waals surface area (Å²) in [4.78, 5) is 44.4. The smallest absolute Gasteiger partial charge is 0.330 e. The van der Waals surface area contributed by atoms with Crippen LogP contribution in [0, 0.1) is 6.92 Å². The van der Waals surface area contributed by atoms with Crippen LogP contribution in [0.5, 0.6) is 0 Å². The normalized spacial score (nSPS) is 13.0. The second-order valence-electron chi connectivity index (χ2n) is 9.99. The lowest BCUT2D eigenvalue weighted by molar-refractivity contribution is -0.137. The van der Waals surface area contributed by atoms with Gasteiger partial charge in [0.2, 0.25) is 0 Å². The van der Waals surface area contributed by atoms with Gasteiger partial charge >= 0.3 is 11.7 Å². The molecule has 39 heavy (non-hydrogen) atoms. The maximum Gasteiger partial charge on any atom is 0.330 e. The number of imidazole rings is 1. The molecule has 0 spiro atoms. The fourth-order valence-corrected chi connectivity index (χ4v) is 5.48. The number of carbonyl (C=O) groups is 2. The lowest BCUT2D eigenvalue weighted by atomic mass is 10.0. The molecule has 2 atom stereocenters. The van der Waals surface area contributed by atoms with Crippen molar-refractivity contribution in [1.82, 2.24) is 19.0 Å². The molecular formula is C31H32N4O4. The first-order valence-corrected chi connectivity index (χ1v) is 13.1. The lowest BCUT2D eigenvalue weighted by Gasteiger charge is -2.18. The molecular weight excluding hydrogens is 492 g/mol. The number of nitrogens with one attached hydrogen (secondary N) is 1. The highest BCUT2D eigenvalue weighted by atomic mass is 16.4. The summed E-state index contributed by atoms with van der Waals surface area (Å²) in [5, 5.41) is 10.9. The molecule has 8 heteroatoms. The SMILES string of the molecule is CCN(C)C(=O)c1ccc2c(c1)n(C(CC(=O)O)c1ccccc1)c(=O)n2C(C)c1c[nH]c2cccc(C)c12. The number of hydrogen-bond donors (Lipinski definition) is 2. The minimum atomic E-state index is -1.02. The van der Waals surface area contributed by atoms with E-state index in [0.717, 1.165) is 22.0 Å². The van der Waals surface area contributed by atoms with E-state index in [-0.39, 0.29) is 24.1 Å². The van der Waals surface area contributed by atoms with Crippen LogP contribution >= 0.6 is 0 Å². The molecule has 1 amide bonds. The van der Waals surface area contributed by atoms with Gasteiger partial charge in [0.15, 0.2) is 0 Å². The van der Waals surface area contributed by atoms with E-state index in [0.29, 0.717) is 28.7 Å². The van der Waals surface area contributed by atoms with Gasteiger partial charge in [-0.25, -0.2) is 4.79 Å². The van der Waals surface area contributed by atoms with Crippen LogP contribution in [0.2, 0.25) is 0 Å². The van der Waals surface area contributed by atoms with Crippen molar-refractivity contribution in [3.8, 4) is 0 Å². The summed E-state index contributed by atoms with van der Waals surface area (Å²) >= 11 is 0. The number of aromatic nitrogens is 3. The minimum absolute atomic E-state index is 0.166. The van der Waals surface area contributed by atoms with Crippen LogP contribution in [0.15, 0.2) is 77.7 Å². The summed E-state index contributed by atoms with van der Waals surface area (Å²) in [5.41, 5.74) is 5.02. The standard InChI is InChI=1S/C31H32N4O4/c1-5-33(4)30(38)22-14-15-25-27(16-22)35(26(17-28(36)37)21-11-7-6-8-12-21)31(39)34(25)20(3)23-18-32-24-13-9-10-19(2)29(23)24/h6-16,18,20,26,32H,5,17H2,1-4H3,(H,36,37). The zero-order chi connectivity index (χ0) is 27.8. The average molecular weight is 525 g/mol. The third kappa shape index (κ3) is 4.52. The molecule has 0 bridgehead atoms. The van der Waals surface area contributed by atoms with E-state index in [1.165, 1.54) is 0 Å². The molecule has 2 unspecified atom stereocenters. The summed E-state index contributed by atoms with van der Waals surface area (Å²) in [6.07, 6.45) is 1.65. The summed E-state index contributed by atoms with van der Waals surface area (Å²) < 4.78 is 3.25. The van der Waals surface area contributed by atoms with E-state index in [9.17, 15) is 19.5 Å². The Morgan fingerprint density at radius 2 is 1.74 bits per heavy atom. The van der Waals surface area contributed by atoms with E-state index in [2.05, 4.69) is 4.98 Å². The van der Waals surface area contributed by atoms with Gasteiger partial charge < -0.3 is 15.0 Å². The Morgan fingerprint density at radius 3 is 2.44 bits per heavy atom. The highest BCUT2D eigenvalue weighted by Gasteiger charge is 2.28. The van der Waals surface area contributed by atoms with Crippen LogP contribution in [0.3, 0.4) is 0 Å². The van der Waals surface area contributed by atoms with E-state index >= 15 is 0 Å². The predicted octanol–water partition coefficient (Wildman–Crippen LogP) is 5.36. The van der Waals surface area contributed by atoms with Crippen molar-refractivity contribution in [2.75, 3.05) is 13.6 Å². The van der Waals surface area contributed by atoms with E-state index in [1.54, 1.807) is 39.3 Å². The van der Waals surface area contributed by atoms with Crippen LogP contribution in [0.4, 0.5) is 0 Å². The van der Waals surface area contributed by atoms with E-state index in [4.69, 9.17) is 0 Å². The maximum absolute atomic E-state index is 14.3. The number of nitrogens with zero attached hydrogens (tertiary/aromatic N) is 3. The Balaban J connectivity index is 1.80. The quantitative estimate of drug-likeness (QED) is 0.285. The first kappa shape index (κ1) is 26.0. The van der Waals surface area contributed by atoms with Crippen molar-refractivity contribution >= 4 is 33.8 Å². The number of H-pyrrole nitrogens is 1. The average Bonchev–Trinajstić information content (AvgIpc) is 3.50. The Labute approximate surface area is 226 Å². The number of hydrogen-bond acceptors (Lipinski definition) is 3. The largest absolute Gasteiger partial charge is 0.481 e. The predicted molar refractivity (Wildman–Crippen MR) is 153 cm³/mol. The third-order valence-electron chi connectivity index (χ3n) is 7.62. The highest BCUT2D eigenvalue weighted by Crippen LogP contribution is 2.33. The molecule has 5 aromatic rings. The third-order valence-corrected chi connectivity index (χ3v) is 7.62. The van der Waals surface area contributed by atoms with Gasteiger partial charge in [-0.1, -0.05) is 42.5 Å². The number of rotatable bonds is 8. The fraction of sp³-hybridized carbons (Fsp3) is 0.258. The number of amides is 1. The molecule has 3 aromatic carbocycles. The molecule has 5 rings (SSSR count). The number of fused-ring (bicyclic) bond motifs is 2. The van der Waals surface area contributed by atoms with E-state index < -0.39 is 12.0 Å². The lowest BCUT2D eigenvalue weighted by Crippen LogP contribution is -2.31. The summed E-state index contributed by atoms with van der Waals surface area (Å²) in [5.74, 6) is -1.18. The number of carbonyl (C=O) groups excluding carboxylic acids is 1. The monoisotopic (exact) mass is 524 g/mol. The van der Waals surface area contributed by atoms with Crippen molar-refractivity contribution < 1.29 is 14.7 Å². The number of carboxylic acid groups (broad SMARTS) is 1. The molecule has 8 nitrogen and oxygen atoms in total. The molecule has 2 aromatic heterocycles. The summed E-state index contributed by atoms with van der Waals surface area (Å²) in [6.45, 7) is 6.44. The van der Waals surface area contributed by atoms with Crippen LogP contribution < -0.4 is 5.69 Å². The second kappa shape index (κ2) is 10.3. The molecule has 0 aliphatic rings. The molecule has 2 heterocycles. The fourth-order valence-electron chi connectivity index (χ4n) is 5.48. The van der Waals surface area contributed by atoms with Gasteiger partial charge in [0.1, 0.15) is 0 Å². The van der Waals surface area contributed by atoms with Gasteiger partial charge in [-0.2, -0.15) is 0 Å². The van der Waals surface area contributed by atoms with Crippen LogP contribution in [0.25, 0.3) is 21.9 Å². The van der Waals surface area contributed by atoms with Gasteiger partial charge in [-0.05, 0) is 56.2 Å². The van der Waals surface area contributed by atoms with Gasteiger partial charge in [-0.3, -0.25) is 18.7 Å². The number of aromatic amines is 1. The topological polar surface area (TPSA) is 100 Å². The molecule has 0 aliphatic carbocycles. The molecule has 0 saturated carbocycles. The van der Waals surface area contributed by atoms with Crippen LogP contribution in [-0.2, 0) is 4.79 Å². The van der Waals surface area contributed by atoms with Crippen molar-refractivity contribution in [2.45, 2.75) is 39.3 Å². The van der Waals surface area contributed by atoms with Gasteiger partial charge in [0.25, 0.3) is 5.91 Å². The number of aryl methyl sites for hydroxylation is 1. The Morgan fingerprint density at radius 1 is 1.00 bits per heavy atom.